The van der Waals surface area contributed by atoms with Crippen molar-refractivity contribution in [1.29, 1.82) is 0 Å². The fourth-order valence-corrected chi connectivity index (χ4v) is 3.12. The van der Waals surface area contributed by atoms with Crippen LogP contribution in [0.2, 0.25) is 0 Å². The number of aliphatic imine (C=N–C) groups is 1. The molecule has 2 heterocycles. The van der Waals surface area contributed by atoms with Gasteiger partial charge >= 0.3 is 6.18 Å². The van der Waals surface area contributed by atoms with Gasteiger partial charge < -0.3 is 15.0 Å². The van der Waals surface area contributed by atoms with Crippen molar-refractivity contribution < 1.29 is 22.3 Å². The Kier molecular flexibility index (Phi) is 5.87. The number of hydrogen-bond acceptors (Lipinski definition) is 3. The number of alkyl halides is 3. The number of morpholine rings is 1. The van der Waals surface area contributed by atoms with Gasteiger partial charge in [-0.2, -0.15) is 18.3 Å². The molecular weight excluding hydrogens is 378 g/mol. The van der Waals surface area contributed by atoms with Crippen molar-refractivity contribution >= 4 is 5.96 Å². The second-order valence-electron chi connectivity index (χ2n) is 6.45. The second-order valence-corrected chi connectivity index (χ2v) is 6.45. The molecule has 1 atom stereocenters. The van der Waals surface area contributed by atoms with Crippen molar-refractivity contribution in [3.05, 3.63) is 53.1 Å². The van der Waals surface area contributed by atoms with E-state index >= 15 is 0 Å². The normalized spacial score (nSPS) is 18.4. The van der Waals surface area contributed by atoms with Crippen molar-refractivity contribution in [3.63, 3.8) is 0 Å². The molecule has 0 amide bonds. The molecular formula is C18H21F4N5O. The summed E-state index contributed by atoms with van der Waals surface area (Å²) in [5, 5.41) is 7.07. The number of ether oxygens (including phenoxy) is 1. The van der Waals surface area contributed by atoms with E-state index < -0.39 is 17.6 Å². The van der Waals surface area contributed by atoms with Gasteiger partial charge in [0.05, 0.1) is 24.9 Å². The lowest BCUT2D eigenvalue weighted by atomic mass is 10.1. The Morgan fingerprint density at radius 1 is 1.39 bits per heavy atom. The van der Waals surface area contributed by atoms with Crippen LogP contribution in [0, 0.1) is 5.82 Å². The molecule has 0 saturated carbocycles. The van der Waals surface area contributed by atoms with Gasteiger partial charge in [0.15, 0.2) is 5.96 Å². The highest BCUT2D eigenvalue weighted by atomic mass is 19.4. The molecule has 28 heavy (non-hydrogen) atoms. The van der Waals surface area contributed by atoms with E-state index in [1.807, 2.05) is 18.1 Å². The van der Waals surface area contributed by atoms with Gasteiger partial charge in [-0.15, -0.1) is 0 Å². The van der Waals surface area contributed by atoms with Crippen LogP contribution < -0.4 is 5.32 Å². The molecule has 152 valence electrons. The van der Waals surface area contributed by atoms with Gasteiger partial charge in [-0.05, 0) is 17.7 Å². The number of hydrogen-bond donors (Lipinski definition) is 1. The lowest BCUT2D eigenvalue weighted by molar-refractivity contribution is -0.138. The molecule has 1 aromatic heterocycles. The fourth-order valence-electron chi connectivity index (χ4n) is 3.12. The monoisotopic (exact) mass is 399 g/mol. The lowest BCUT2D eigenvalue weighted by Gasteiger charge is -2.34. The number of halogens is 4. The SMILES string of the molecule is CN=C(NCc1ccc(F)cc1C(F)(F)F)N1CCOC(c2cnn(C)c2)C1. The summed E-state index contributed by atoms with van der Waals surface area (Å²) < 4.78 is 60.2. The predicted octanol–water partition coefficient (Wildman–Crippen LogP) is 2.73. The molecule has 6 nitrogen and oxygen atoms in total. The molecule has 10 heteroatoms. The average Bonchev–Trinajstić information content (AvgIpc) is 3.09. The van der Waals surface area contributed by atoms with Crippen LogP contribution >= 0.6 is 0 Å². The summed E-state index contributed by atoms with van der Waals surface area (Å²) in [5.41, 5.74) is -0.127. The van der Waals surface area contributed by atoms with E-state index in [9.17, 15) is 17.6 Å². The van der Waals surface area contributed by atoms with Crippen LogP contribution in [0.4, 0.5) is 17.6 Å². The van der Waals surface area contributed by atoms with Crippen LogP contribution in [-0.2, 0) is 24.5 Å². The Morgan fingerprint density at radius 2 is 2.18 bits per heavy atom. The van der Waals surface area contributed by atoms with Crippen molar-refractivity contribution in [2.75, 3.05) is 26.7 Å². The molecule has 1 aliphatic rings. The number of nitrogens with zero attached hydrogens (tertiary/aromatic N) is 4. The topological polar surface area (TPSA) is 54.7 Å². The molecule has 1 unspecified atom stereocenters. The quantitative estimate of drug-likeness (QED) is 0.490. The summed E-state index contributed by atoms with van der Waals surface area (Å²) >= 11 is 0. The molecule has 0 bridgehead atoms. The smallest absolute Gasteiger partial charge is 0.370 e. The molecule has 2 aromatic rings. The van der Waals surface area contributed by atoms with Crippen molar-refractivity contribution in [3.8, 4) is 0 Å². The summed E-state index contributed by atoms with van der Waals surface area (Å²) in [4.78, 5) is 6.08. The third-order valence-corrected chi connectivity index (χ3v) is 4.49. The third kappa shape index (κ3) is 4.61. The molecule has 0 radical (unpaired) electrons. The molecule has 0 aliphatic carbocycles. The van der Waals surface area contributed by atoms with E-state index in [1.54, 1.807) is 17.9 Å². The van der Waals surface area contributed by atoms with Gasteiger partial charge in [0.25, 0.3) is 0 Å². The number of aryl methyl sites for hydroxylation is 1. The standard InChI is InChI=1S/C18H21F4N5O/c1-23-17(24-8-12-3-4-14(19)7-15(12)18(20,21)22)27-5-6-28-16(11-27)13-9-25-26(2)10-13/h3-4,7,9-10,16H,5-6,8,11H2,1-2H3,(H,23,24). The van der Waals surface area contributed by atoms with Crippen molar-refractivity contribution in [2.45, 2.75) is 18.8 Å². The van der Waals surface area contributed by atoms with E-state index in [2.05, 4.69) is 15.4 Å². The first-order chi connectivity index (χ1) is 13.3. The van der Waals surface area contributed by atoms with Gasteiger partial charge in [0.1, 0.15) is 11.9 Å². The maximum atomic E-state index is 13.3. The Hall–Kier alpha value is -2.62. The molecule has 1 aromatic carbocycles. The van der Waals surface area contributed by atoms with Crippen molar-refractivity contribution in [1.82, 2.24) is 20.0 Å². The van der Waals surface area contributed by atoms with E-state index in [1.165, 1.54) is 0 Å². The first kappa shape index (κ1) is 20.1. The van der Waals surface area contributed by atoms with Gasteiger partial charge in [-0.3, -0.25) is 9.67 Å². The number of guanidine groups is 1. The van der Waals surface area contributed by atoms with Gasteiger partial charge in [-0.25, -0.2) is 4.39 Å². The lowest BCUT2D eigenvalue weighted by Crippen LogP contribution is -2.48. The second kappa shape index (κ2) is 8.17. The maximum Gasteiger partial charge on any atom is 0.416 e. The number of benzene rings is 1. The fraction of sp³-hybridized carbons (Fsp3) is 0.444. The van der Waals surface area contributed by atoms with E-state index in [4.69, 9.17) is 4.74 Å². The highest BCUT2D eigenvalue weighted by Crippen LogP contribution is 2.32. The minimum atomic E-state index is -4.63. The third-order valence-electron chi connectivity index (χ3n) is 4.49. The zero-order valence-electron chi connectivity index (χ0n) is 15.5. The number of aromatic nitrogens is 2. The Labute approximate surface area is 159 Å². The minimum Gasteiger partial charge on any atom is -0.370 e. The summed E-state index contributed by atoms with van der Waals surface area (Å²) in [6.45, 7) is 1.36. The predicted molar refractivity (Wildman–Crippen MR) is 95.1 cm³/mol. The van der Waals surface area contributed by atoms with Gasteiger partial charge in [0, 0.05) is 38.9 Å². The zero-order valence-corrected chi connectivity index (χ0v) is 15.5. The van der Waals surface area contributed by atoms with Crippen LogP contribution in [0.5, 0.6) is 0 Å². The van der Waals surface area contributed by atoms with Crippen LogP contribution in [0.1, 0.15) is 22.8 Å². The van der Waals surface area contributed by atoms with E-state index in [0.29, 0.717) is 31.7 Å². The summed E-state index contributed by atoms with van der Waals surface area (Å²) in [6, 6.07) is 2.66. The zero-order chi connectivity index (χ0) is 20.3. The first-order valence-electron chi connectivity index (χ1n) is 8.69. The molecule has 1 N–H and O–H groups in total. The largest absolute Gasteiger partial charge is 0.416 e. The molecule has 0 spiro atoms. The van der Waals surface area contributed by atoms with Gasteiger partial charge in [-0.1, -0.05) is 6.07 Å². The minimum absolute atomic E-state index is 0.0490. The van der Waals surface area contributed by atoms with E-state index in [0.717, 1.165) is 17.7 Å². The summed E-state index contributed by atoms with van der Waals surface area (Å²) in [5.74, 6) is -0.470. The Bertz CT molecular complexity index is 849. The Balaban J connectivity index is 1.70. The highest BCUT2D eigenvalue weighted by Gasteiger charge is 2.34. The molecule has 3 rings (SSSR count). The van der Waals surface area contributed by atoms with Crippen molar-refractivity contribution in [2.24, 2.45) is 12.0 Å². The number of nitrogens with one attached hydrogen (secondary N) is 1. The number of rotatable bonds is 3. The molecule has 1 aliphatic heterocycles. The molecule has 1 saturated heterocycles. The van der Waals surface area contributed by atoms with Crippen LogP contribution in [0.3, 0.4) is 0 Å². The van der Waals surface area contributed by atoms with Crippen LogP contribution in [0.15, 0.2) is 35.6 Å². The summed E-state index contributed by atoms with van der Waals surface area (Å²) in [7, 11) is 3.37. The average molecular weight is 399 g/mol. The van der Waals surface area contributed by atoms with E-state index in [-0.39, 0.29) is 18.2 Å². The van der Waals surface area contributed by atoms with Gasteiger partial charge in [0.2, 0.25) is 0 Å². The Morgan fingerprint density at radius 3 is 2.82 bits per heavy atom. The molecule has 1 fully saturated rings. The van der Waals surface area contributed by atoms with Crippen LogP contribution in [0.25, 0.3) is 0 Å². The maximum absolute atomic E-state index is 13.3. The van der Waals surface area contributed by atoms with Crippen LogP contribution in [-0.4, -0.2) is 47.4 Å². The highest BCUT2D eigenvalue weighted by molar-refractivity contribution is 5.80. The first-order valence-corrected chi connectivity index (χ1v) is 8.69. The summed E-state index contributed by atoms with van der Waals surface area (Å²) in [6.07, 6.45) is -1.26.